The van der Waals surface area contributed by atoms with E-state index in [1.807, 2.05) is 24.3 Å². The summed E-state index contributed by atoms with van der Waals surface area (Å²) in [5, 5.41) is 2.67. The third-order valence-electron chi connectivity index (χ3n) is 4.28. The van der Waals surface area contributed by atoms with Crippen molar-refractivity contribution in [1.82, 2.24) is 4.31 Å². The number of rotatable bonds is 7. The highest BCUT2D eigenvalue weighted by molar-refractivity contribution is 7.89. The molecule has 0 atom stereocenters. The van der Waals surface area contributed by atoms with Crippen molar-refractivity contribution < 1.29 is 22.7 Å². The van der Waals surface area contributed by atoms with E-state index in [0.717, 1.165) is 9.87 Å². The molecule has 0 saturated heterocycles. The molecule has 7 nitrogen and oxygen atoms in total. The summed E-state index contributed by atoms with van der Waals surface area (Å²) in [7, 11) is 0.689. The number of anilines is 1. The highest BCUT2D eigenvalue weighted by Gasteiger charge is 2.21. The second-order valence-electron chi connectivity index (χ2n) is 7.73. The molecule has 158 valence electrons. The topological polar surface area (TPSA) is 84.9 Å². The molecule has 0 aromatic heterocycles. The molecule has 0 bridgehead atoms. The Morgan fingerprint density at radius 1 is 1.07 bits per heavy atom. The Hall–Kier alpha value is -2.58. The molecule has 0 saturated carbocycles. The zero-order valence-electron chi connectivity index (χ0n) is 17.6. The van der Waals surface area contributed by atoms with Crippen LogP contribution in [-0.2, 0) is 20.2 Å². The minimum absolute atomic E-state index is 0.0533. The van der Waals surface area contributed by atoms with Crippen LogP contribution in [0, 0.1) is 0 Å². The van der Waals surface area contributed by atoms with E-state index in [4.69, 9.17) is 9.47 Å². The second kappa shape index (κ2) is 8.84. The van der Waals surface area contributed by atoms with Crippen molar-refractivity contribution >= 4 is 21.6 Å². The predicted molar refractivity (Wildman–Crippen MR) is 113 cm³/mol. The van der Waals surface area contributed by atoms with Crippen LogP contribution < -0.4 is 14.8 Å². The molecule has 29 heavy (non-hydrogen) atoms. The largest absolute Gasteiger partial charge is 0.495 e. The molecule has 0 spiro atoms. The molecule has 0 radical (unpaired) electrons. The molecule has 0 aliphatic heterocycles. The van der Waals surface area contributed by atoms with Crippen molar-refractivity contribution in [2.75, 3.05) is 33.1 Å². The summed E-state index contributed by atoms with van der Waals surface area (Å²) in [5.41, 5.74) is 1.11. The minimum atomic E-state index is -3.64. The molecule has 2 aromatic carbocycles. The number of benzene rings is 2. The summed E-state index contributed by atoms with van der Waals surface area (Å²) in [6.45, 7) is 5.98. The summed E-state index contributed by atoms with van der Waals surface area (Å²) in [4.78, 5) is 12.5. The molecule has 0 aliphatic carbocycles. The minimum Gasteiger partial charge on any atom is -0.495 e. The predicted octanol–water partition coefficient (Wildman–Crippen LogP) is 3.26. The molecule has 0 fully saturated rings. The number of carbonyl (C=O) groups is 1. The van der Waals surface area contributed by atoms with Gasteiger partial charge >= 0.3 is 0 Å². The maximum atomic E-state index is 12.5. The first-order valence-electron chi connectivity index (χ1n) is 9.09. The molecule has 1 amide bonds. The average Bonchev–Trinajstić information content (AvgIpc) is 2.65. The van der Waals surface area contributed by atoms with Crippen LogP contribution in [0.1, 0.15) is 26.3 Å². The standard InChI is InChI=1S/C21H28N2O5S/c1-21(2,3)16-9-7-8-10-18(16)28-14-20(24)22-17-13-15(11-12-19(17)27-6)29(25,26)23(4)5/h7-13H,14H2,1-6H3,(H,22,24). The van der Waals surface area contributed by atoms with Crippen LogP contribution in [-0.4, -0.2) is 46.4 Å². The van der Waals surface area contributed by atoms with E-state index in [1.165, 1.54) is 39.4 Å². The van der Waals surface area contributed by atoms with Crippen LogP contribution in [0.5, 0.6) is 11.5 Å². The van der Waals surface area contributed by atoms with Gasteiger partial charge in [-0.25, -0.2) is 12.7 Å². The maximum Gasteiger partial charge on any atom is 0.262 e. The first-order chi connectivity index (χ1) is 13.5. The van der Waals surface area contributed by atoms with Gasteiger partial charge in [0.25, 0.3) is 5.91 Å². The van der Waals surface area contributed by atoms with Gasteiger partial charge in [-0.05, 0) is 35.2 Å². The third kappa shape index (κ3) is 5.48. The van der Waals surface area contributed by atoms with Crippen LogP contribution in [0.2, 0.25) is 0 Å². The van der Waals surface area contributed by atoms with Crippen molar-refractivity contribution in [3.8, 4) is 11.5 Å². The fourth-order valence-corrected chi connectivity index (χ4v) is 3.63. The lowest BCUT2D eigenvalue weighted by molar-refractivity contribution is -0.118. The number of hydrogen-bond donors (Lipinski definition) is 1. The number of ether oxygens (including phenoxy) is 2. The van der Waals surface area contributed by atoms with Crippen LogP contribution in [0.3, 0.4) is 0 Å². The van der Waals surface area contributed by atoms with E-state index >= 15 is 0 Å². The van der Waals surface area contributed by atoms with Crippen molar-refractivity contribution in [1.29, 1.82) is 0 Å². The van der Waals surface area contributed by atoms with Gasteiger partial charge in [0.05, 0.1) is 17.7 Å². The summed E-state index contributed by atoms with van der Waals surface area (Å²) in [6.07, 6.45) is 0. The maximum absolute atomic E-state index is 12.5. The summed E-state index contributed by atoms with van der Waals surface area (Å²) >= 11 is 0. The van der Waals surface area contributed by atoms with Gasteiger partial charge < -0.3 is 14.8 Å². The number of nitrogens with one attached hydrogen (secondary N) is 1. The third-order valence-corrected chi connectivity index (χ3v) is 6.09. The fourth-order valence-electron chi connectivity index (χ4n) is 2.70. The van der Waals surface area contributed by atoms with E-state index in [0.29, 0.717) is 11.5 Å². The van der Waals surface area contributed by atoms with Gasteiger partial charge in [0.1, 0.15) is 11.5 Å². The van der Waals surface area contributed by atoms with Crippen molar-refractivity contribution in [2.24, 2.45) is 0 Å². The Morgan fingerprint density at radius 2 is 1.72 bits per heavy atom. The number of nitrogens with zero attached hydrogens (tertiary/aromatic N) is 1. The first kappa shape index (κ1) is 22.7. The quantitative estimate of drug-likeness (QED) is 0.743. The molecule has 0 aliphatic rings. The lowest BCUT2D eigenvalue weighted by Gasteiger charge is -2.22. The van der Waals surface area contributed by atoms with E-state index in [2.05, 4.69) is 26.1 Å². The van der Waals surface area contributed by atoms with Gasteiger partial charge in [-0.2, -0.15) is 0 Å². The van der Waals surface area contributed by atoms with E-state index in [9.17, 15) is 13.2 Å². The number of amides is 1. The van der Waals surface area contributed by atoms with Crippen molar-refractivity contribution in [3.05, 3.63) is 48.0 Å². The van der Waals surface area contributed by atoms with Gasteiger partial charge in [0.2, 0.25) is 10.0 Å². The molecule has 0 heterocycles. The van der Waals surface area contributed by atoms with Gasteiger partial charge in [-0.15, -0.1) is 0 Å². The molecular weight excluding hydrogens is 392 g/mol. The van der Waals surface area contributed by atoms with E-state index in [1.54, 1.807) is 0 Å². The first-order valence-corrected chi connectivity index (χ1v) is 10.5. The highest BCUT2D eigenvalue weighted by atomic mass is 32.2. The fraction of sp³-hybridized carbons (Fsp3) is 0.381. The van der Waals surface area contributed by atoms with E-state index < -0.39 is 15.9 Å². The van der Waals surface area contributed by atoms with E-state index in [-0.39, 0.29) is 22.6 Å². The molecule has 2 aromatic rings. The second-order valence-corrected chi connectivity index (χ2v) is 9.88. The molecule has 2 rings (SSSR count). The van der Waals surface area contributed by atoms with Gasteiger partial charge in [0, 0.05) is 14.1 Å². The Bertz CT molecular complexity index is 979. The summed E-state index contributed by atoms with van der Waals surface area (Å²) < 4.78 is 36.8. The normalized spacial score (nSPS) is 12.0. The molecular formula is C21H28N2O5S. The number of para-hydroxylation sites is 1. The number of methoxy groups -OCH3 is 1. The van der Waals surface area contributed by atoms with Crippen LogP contribution in [0.15, 0.2) is 47.4 Å². The average molecular weight is 421 g/mol. The Kier molecular flexibility index (Phi) is 6.92. The Balaban J connectivity index is 2.19. The highest BCUT2D eigenvalue weighted by Crippen LogP contribution is 2.31. The number of hydrogen-bond acceptors (Lipinski definition) is 5. The van der Waals surface area contributed by atoms with Crippen molar-refractivity contribution in [3.63, 3.8) is 0 Å². The lowest BCUT2D eigenvalue weighted by atomic mass is 9.86. The van der Waals surface area contributed by atoms with Crippen LogP contribution in [0.25, 0.3) is 0 Å². The van der Waals surface area contributed by atoms with Crippen LogP contribution >= 0.6 is 0 Å². The smallest absolute Gasteiger partial charge is 0.262 e. The number of carbonyl (C=O) groups excluding carboxylic acids is 1. The zero-order chi connectivity index (χ0) is 21.8. The Morgan fingerprint density at radius 3 is 2.31 bits per heavy atom. The monoisotopic (exact) mass is 420 g/mol. The molecule has 8 heteroatoms. The molecule has 1 N–H and O–H groups in total. The van der Waals surface area contributed by atoms with Crippen LogP contribution in [0.4, 0.5) is 5.69 Å². The zero-order valence-corrected chi connectivity index (χ0v) is 18.5. The van der Waals surface area contributed by atoms with Gasteiger partial charge in [-0.3, -0.25) is 4.79 Å². The molecule has 0 unspecified atom stereocenters. The van der Waals surface area contributed by atoms with Gasteiger partial charge in [0.15, 0.2) is 6.61 Å². The van der Waals surface area contributed by atoms with Gasteiger partial charge in [-0.1, -0.05) is 39.0 Å². The SMILES string of the molecule is COc1ccc(S(=O)(=O)N(C)C)cc1NC(=O)COc1ccccc1C(C)(C)C. The van der Waals surface area contributed by atoms with Crippen molar-refractivity contribution in [2.45, 2.75) is 31.1 Å². The number of sulfonamides is 1. The Labute approximate surface area is 172 Å². The lowest BCUT2D eigenvalue weighted by Crippen LogP contribution is -2.24. The summed E-state index contributed by atoms with van der Waals surface area (Å²) in [6, 6.07) is 11.9. The summed E-state index contributed by atoms with van der Waals surface area (Å²) in [5.74, 6) is 0.559.